The minimum absolute atomic E-state index is 0.0283. The Labute approximate surface area is 105 Å². The van der Waals surface area contributed by atoms with Crippen LogP contribution in [0.2, 0.25) is 0 Å². The maximum Gasteiger partial charge on any atom is 0.247 e. The SMILES string of the molecule is COP(=S)(OC)SCC(=O)C1CNCCO1. The van der Waals surface area contributed by atoms with E-state index in [0.717, 1.165) is 6.54 Å². The first kappa shape index (κ1) is 14.6. The molecule has 1 aliphatic rings. The van der Waals surface area contributed by atoms with Gasteiger partial charge in [-0.2, -0.15) is 0 Å². The summed E-state index contributed by atoms with van der Waals surface area (Å²) in [6, 6.07) is 0. The zero-order valence-electron chi connectivity index (χ0n) is 9.30. The molecule has 1 heterocycles. The molecule has 1 fully saturated rings. The summed E-state index contributed by atoms with van der Waals surface area (Å²) >= 11 is 6.39. The van der Waals surface area contributed by atoms with Crippen LogP contribution < -0.4 is 5.32 Å². The van der Waals surface area contributed by atoms with E-state index in [1.54, 1.807) is 0 Å². The van der Waals surface area contributed by atoms with Crippen molar-refractivity contribution in [3.63, 3.8) is 0 Å². The molecule has 0 radical (unpaired) electrons. The molecule has 1 N–H and O–H groups in total. The molecule has 1 rings (SSSR count). The van der Waals surface area contributed by atoms with Gasteiger partial charge in [-0.05, 0) is 11.8 Å². The van der Waals surface area contributed by atoms with Crippen molar-refractivity contribution in [3.05, 3.63) is 0 Å². The molecule has 5 nitrogen and oxygen atoms in total. The van der Waals surface area contributed by atoms with E-state index in [1.165, 1.54) is 25.6 Å². The van der Waals surface area contributed by atoms with Crippen LogP contribution in [0.1, 0.15) is 0 Å². The molecule has 0 aromatic carbocycles. The van der Waals surface area contributed by atoms with Crippen molar-refractivity contribution >= 4 is 34.7 Å². The lowest BCUT2D eigenvalue weighted by Gasteiger charge is -2.23. The number of hydrogen-bond acceptors (Lipinski definition) is 7. The zero-order valence-corrected chi connectivity index (χ0v) is 11.8. The van der Waals surface area contributed by atoms with Crippen LogP contribution >= 0.6 is 17.1 Å². The molecule has 0 bridgehead atoms. The Kier molecular flexibility index (Phi) is 6.43. The second-order valence-corrected chi connectivity index (χ2v) is 9.64. The summed E-state index contributed by atoms with van der Waals surface area (Å²) in [4.78, 5) is 11.8. The summed E-state index contributed by atoms with van der Waals surface area (Å²) in [7, 11) is 3.00. The van der Waals surface area contributed by atoms with Crippen LogP contribution in [0.15, 0.2) is 0 Å². The Morgan fingerprint density at radius 1 is 1.62 bits per heavy atom. The number of rotatable bonds is 6. The first-order valence-corrected chi connectivity index (χ1v) is 9.05. The van der Waals surface area contributed by atoms with Crippen molar-refractivity contribution in [3.8, 4) is 0 Å². The Hall–Kier alpha value is 0.510. The average molecular weight is 285 g/mol. The van der Waals surface area contributed by atoms with Crippen LogP contribution in [-0.2, 0) is 30.4 Å². The number of ether oxygens (including phenoxy) is 1. The molecule has 8 heteroatoms. The van der Waals surface area contributed by atoms with E-state index in [-0.39, 0.29) is 17.6 Å². The number of morpholine rings is 1. The van der Waals surface area contributed by atoms with Crippen LogP contribution in [0.5, 0.6) is 0 Å². The van der Waals surface area contributed by atoms with Crippen molar-refractivity contribution in [1.82, 2.24) is 5.32 Å². The molecule has 0 spiro atoms. The lowest BCUT2D eigenvalue weighted by atomic mass is 10.2. The van der Waals surface area contributed by atoms with E-state index in [2.05, 4.69) is 5.32 Å². The summed E-state index contributed by atoms with van der Waals surface area (Å²) in [6.07, 6.45) is -0.363. The molecule has 16 heavy (non-hydrogen) atoms. The maximum absolute atomic E-state index is 11.8. The summed E-state index contributed by atoms with van der Waals surface area (Å²) in [6.45, 7) is 1.94. The van der Waals surface area contributed by atoms with Gasteiger partial charge in [0, 0.05) is 27.3 Å². The van der Waals surface area contributed by atoms with E-state index < -0.39 is 5.69 Å². The highest BCUT2D eigenvalue weighted by Crippen LogP contribution is 2.59. The van der Waals surface area contributed by atoms with Crippen LogP contribution in [-0.4, -0.2) is 51.6 Å². The summed E-state index contributed by atoms with van der Waals surface area (Å²) in [5.74, 6) is 0.297. The standard InChI is InChI=1S/C8H16NO4PS2/c1-11-14(15,12-2)16-6-7(10)8-5-9-3-4-13-8/h8-9H,3-6H2,1-2H3. The number of carbonyl (C=O) groups is 1. The molecule has 0 aromatic rings. The molecular weight excluding hydrogens is 269 g/mol. The predicted molar refractivity (Wildman–Crippen MR) is 68.4 cm³/mol. The highest BCUT2D eigenvalue weighted by Gasteiger charge is 2.25. The fourth-order valence-electron chi connectivity index (χ4n) is 1.19. The van der Waals surface area contributed by atoms with Crippen molar-refractivity contribution in [1.29, 1.82) is 0 Å². The van der Waals surface area contributed by atoms with Crippen LogP contribution in [0, 0.1) is 0 Å². The molecule has 1 saturated heterocycles. The van der Waals surface area contributed by atoms with Gasteiger partial charge >= 0.3 is 0 Å². The van der Waals surface area contributed by atoms with Gasteiger partial charge < -0.3 is 19.1 Å². The lowest BCUT2D eigenvalue weighted by Crippen LogP contribution is -2.43. The molecular formula is C8H16NO4PS2. The summed E-state index contributed by atoms with van der Waals surface area (Å²) < 4.78 is 15.5. The van der Waals surface area contributed by atoms with Gasteiger partial charge in [-0.15, -0.1) is 0 Å². The third-order valence-corrected chi connectivity index (χ3v) is 7.80. The maximum atomic E-state index is 11.8. The van der Waals surface area contributed by atoms with Gasteiger partial charge in [0.1, 0.15) is 6.10 Å². The second kappa shape index (κ2) is 7.06. The Morgan fingerprint density at radius 3 is 2.81 bits per heavy atom. The van der Waals surface area contributed by atoms with Gasteiger partial charge in [-0.1, -0.05) is 11.4 Å². The number of ketones is 1. The predicted octanol–water partition coefficient (Wildman–Crippen LogP) is 0.794. The topological polar surface area (TPSA) is 56.8 Å². The van der Waals surface area contributed by atoms with Gasteiger partial charge in [0.05, 0.1) is 12.4 Å². The van der Waals surface area contributed by atoms with E-state index in [9.17, 15) is 4.79 Å². The molecule has 0 aliphatic carbocycles. The number of carbonyl (C=O) groups excluding carboxylic acids is 1. The second-order valence-electron chi connectivity index (χ2n) is 3.12. The Balaban J connectivity index is 2.36. The van der Waals surface area contributed by atoms with Gasteiger partial charge in [-0.25, -0.2) is 0 Å². The fraction of sp³-hybridized carbons (Fsp3) is 0.875. The van der Waals surface area contributed by atoms with E-state index in [4.69, 9.17) is 25.6 Å². The van der Waals surface area contributed by atoms with Gasteiger partial charge in [0.25, 0.3) is 0 Å². The fourth-order valence-corrected chi connectivity index (χ4v) is 3.98. The molecule has 1 unspecified atom stereocenters. The third kappa shape index (κ3) is 4.41. The van der Waals surface area contributed by atoms with Gasteiger partial charge in [-0.3, -0.25) is 4.79 Å². The molecule has 0 amide bonds. The number of Topliss-reactive ketones (excluding diaryl/α,β-unsaturated/α-hetero) is 1. The molecule has 0 saturated carbocycles. The Bertz CT molecular complexity index is 275. The van der Waals surface area contributed by atoms with Gasteiger partial charge in [0.15, 0.2) is 5.78 Å². The first-order chi connectivity index (χ1) is 7.61. The number of hydrogen-bond donors (Lipinski definition) is 1. The van der Waals surface area contributed by atoms with E-state index in [0.29, 0.717) is 13.2 Å². The lowest BCUT2D eigenvalue weighted by molar-refractivity contribution is -0.129. The summed E-state index contributed by atoms with van der Waals surface area (Å²) in [5, 5.41) is 3.11. The first-order valence-electron chi connectivity index (χ1n) is 4.82. The minimum atomic E-state index is -2.33. The smallest absolute Gasteiger partial charge is 0.247 e. The Morgan fingerprint density at radius 2 is 2.31 bits per heavy atom. The highest BCUT2D eigenvalue weighted by atomic mass is 32.9. The zero-order chi connectivity index (χ0) is 12.0. The van der Waals surface area contributed by atoms with Crippen molar-refractivity contribution in [2.24, 2.45) is 0 Å². The van der Waals surface area contributed by atoms with Crippen LogP contribution in [0.3, 0.4) is 0 Å². The van der Waals surface area contributed by atoms with Crippen LogP contribution in [0.25, 0.3) is 0 Å². The quantitative estimate of drug-likeness (QED) is 0.724. The number of nitrogens with one attached hydrogen (secondary N) is 1. The molecule has 0 aromatic heterocycles. The molecule has 94 valence electrons. The largest absolute Gasteiger partial charge is 0.368 e. The average Bonchev–Trinajstić information content (AvgIpc) is 2.36. The van der Waals surface area contributed by atoms with Crippen molar-refractivity contribution < 1.29 is 18.6 Å². The third-order valence-electron chi connectivity index (χ3n) is 2.10. The molecule has 1 aliphatic heterocycles. The van der Waals surface area contributed by atoms with E-state index >= 15 is 0 Å². The van der Waals surface area contributed by atoms with Crippen LogP contribution in [0.4, 0.5) is 0 Å². The van der Waals surface area contributed by atoms with Crippen molar-refractivity contribution in [2.45, 2.75) is 6.10 Å². The monoisotopic (exact) mass is 285 g/mol. The normalized spacial score (nSPS) is 22.0. The highest BCUT2D eigenvalue weighted by molar-refractivity contribution is 8.68. The van der Waals surface area contributed by atoms with Gasteiger partial charge in [0.2, 0.25) is 5.69 Å². The van der Waals surface area contributed by atoms with E-state index in [1.807, 2.05) is 0 Å². The molecule has 1 atom stereocenters. The minimum Gasteiger partial charge on any atom is -0.368 e. The summed E-state index contributed by atoms with van der Waals surface area (Å²) in [5.41, 5.74) is -2.33. The van der Waals surface area contributed by atoms with Crippen molar-refractivity contribution in [2.75, 3.05) is 39.7 Å².